The first kappa shape index (κ1) is 49.6. The molecule has 2 aliphatic rings. The number of hydrogen-bond donors (Lipinski definition) is 2. The van der Waals surface area contributed by atoms with E-state index in [1.165, 1.54) is 56.9 Å². The van der Waals surface area contributed by atoms with Crippen molar-refractivity contribution >= 4 is 11.9 Å². The molecule has 0 spiro atoms. The largest absolute Gasteiger partial charge is 0.493 e. The first-order valence-corrected chi connectivity index (χ1v) is 22.9. The van der Waals surface area contributed by atoms with E-state index in [-0.39, 0.29) is 55.7 Å². The molecule has 336 valence electrons. The summed E-state index contributed by atoms with van der Waals surface area (Å²) in [5, 5.41) is 20.6. The summed E-state index contributed by atoms with van der Waals surface area (Å²) in [5.74, 6) is -1.16. The van der Waals surface area contributed by atoms with Crippen molar-refractivity contribution in [2.75, 3.05) is 33.0 Å². The lowest BCUT2D eigenvalue weighted by Crippen LogP contribution is -2.32. The Morgan fingerprint density at radius 3 is 1.92 bits per heavy atom. The number of rotatable bonds is 26. The van der Waals surface area contributed by atoms with E-state index >= 15 is 8.78 Å². The summed E-state index contributed by atoms with van der Waals surface area (Å²) in [6, 6.07) is 6.95. The van der Waals surface area contributed by atoms with Crippen LogP contribution in [0.5, 0.6) is 5.75 Å². The van der Waals surface area contributed by atoms with Gasteiger partial charge in [0.05, 0.1) is 33.0 Å². The van der Waals surface area contributed by atoms with Crippen LogP contribution in [0.3, 0.4) is 0 Å². The van der Waals surface area contributed by atoms with Gasteiger partial charge in [0.2, 0.25) is 0 Å². The topological polar surface area (TPSA) is 102 Å². The van der Waals surface area contributed by atoms with Gasteiger partial charge in [0.25, 0.3) is 0 Å². The van der Waals surface area contributed by atoms with E-state index < -0.39 is 29.0 Å². The van der Waals surface area contributed by atoms with Crippen molar-refractivity contribution < 1.29 is 42.8 Å². The van der Waals surface area contributed by atoms with E-state index in [0.29, 0.717) is 78.9 Å². The highest BCUT2D eigenvalue weighted by Crippen LogP contribution is 2.41. The number of carbonyl (C=O) groups is 2. The Bertz CT molecular complexity index is 1780. The van der Waals surface area contributed by atoms with Gasteiger partial charge in [-0.1, -0.05) is 95.9 Å². The van der Waals surface area contributed by atoms with Gasteiger partial charge >= 0.3 is 11.9 Å². The third kappa shape index (κ3) is 14.5. The molecule has 2 N–H and O–H groups in total. The second-order valence-corrected chi connectivity index (χ2v) is 17.6. The lowest BCUT2D eigenvalue weighted by atomic mass is 9.75. The molecule has 2 aromatic rings. The maximum absolute atomic E-state index is 16.4. The fourth-order valence-corrected chi connectivity index (χ4v) is 8.69. The van der Waals surface area contributed by atoms with Crippen LogP contribution < -0.4 is 4.74 Å². The van der Waals surface area contributed by atoms with Crippen molar-refractivity contribution in [3.8, 4) is 16.9 Å². The molecule has 61 heavy (non-hydrogen) atoms. The average Bonchev–Trinajstić information content (AvgIpc) is 3.26. The number of benzene rings is 2. The van der Waals surface area contributed by atoms with Crippen LogP contribution in [0.15, 0.2) is 72.4 Å². The van der Waals surface area contributed by atoms with Gasteiger partial charge in [-0.3, -0.25) is 0 Å². The zero-order valence-electron chi connectivity index (χ0n) is 37.4. The highest BCUT2D eigenvalue weighted by Gasteiger charge is 2.30. The second kappa shape index (κ2) is 25.1. The number of aliphatic hydroxyl groups is 2. The van der Waals surface area contributed by atoms with E-state index in [1.54, 1.807) is 38.1 Å². The normalized spacial score (nSPS) is 17.8. The Morgan fingerprint density at radius 2 is 1.39 bits per heavy atom. The third-order valence-electron chi connectivity index (χ3n) is 12.7. The fourth-order valence-electron chi connectivity index (χ4n) is 8.69. The first-order valence-electron chi connectivity index (χ1n) is 22.9. The molecule has 2 aliphatic carbocycles. The summed E-state index contributed by atoms with van der Waals surface area (Å²) in [7, 11) is 0. The van der Waals surface area contributed by atoms with E-state index in [9.17, 15) is 19.8 Å². The van der Waals surface area contributed by atoms with Crippen molar-refractivity contribution in [3.05, 3.63) is 101 Å². The molecule has 1 fully saturated rings. The van der Waals surface area contributed by atoms with Gasteiger partial charge in [0.1, 0.15) is 5.75 Å². The Balaban J connectivity index is 1.62. The molecule has 7 nitrogen and oxygen atoms in total. The van der Waals surface area contributed by atoms with Crippen molar-refractivity contribution in [3.63, 3.8) is 0 Å². The zero-order valence-corrected chi connectivity index (χ0v) is 37.4. The Morgan fingerprint density at radius 1 is 0.787 bits per heavy atom. The van der Waals surface area contributed by atoms with Crippen molar-refractivity contribution in [2.45, 2.75) is 143 Å². The number of allylic oxidation sites excluding steroid dienone is 4. The second-order valence-electron chi connectivity index (χ2n) is 17.6. The quantitative estimate of drug-likeness (QED) is 0.0552. The number of esters is 2. The molecule has 0 aliphatic heterocycles. The van der Waals surface area contributed by atoms with E-state index in [1.807, 2.05) is 6.08 Å². The molecule has 1 atom stereocenters. The maximum atomic E-state index is 16.4. The SMILES string of the molecule is C=C(C)C(=O)OCCCc1cc(-c2ccc(C3C=CC(C4CCC(CCCCC)CC4)=CC3)c(F)c2F)cc(CCCOC(=O)C(=C)C)c1OCCC(CO)(CO)CCCC. The van der Waals surface area contributed by atoms with Crippen LogP contribution >= 0.6 is 0 Å². The minimum absolute atomic E-state index is 0.111. The number of carbonyl (C=O) groups excluding carboxylic acids is 2. The molecular formula is C52H72F2O7. The van der Waals surface area contributed by atoms with Crippen LogP contribution in [-0.4, -0.2) is 55.2 Å². The minimum atomic E-state index is -0.926. The number of hydrogen-bond acceptors (Lipinski definition) is 7. The van der Waals surface area contributed by atoms with Crippen molar-refractivity contribution in [2.24, 2.45) is 17.3 Å². The molecule has 9 heteroatoms. The predicted molar refractivity (Wildman–Crippen MR) is 240 cm³/mol. The fraction of sp³-hybridized carbons (Fsp3) is 0.577. The first-order chi connectivity index (χ1) is 29.4. The molecule has 0 bridgehead atoms. The molecule has 0 amide bonds. The highest BCUT2D eigenvalue weighted by atomic mass is 19.2. The summed E-state index contributed by atoms with van der Waals surface area (Å²) in [4.78, 5) is 24.3. The van der Waals surface area contributed by atoms with Gasteiger partial charge in [-0.25, -0.2) is 18.4 Å². The maximum Gasteiger partial charge on any atom is 0.333 e. The standard InChI is InChI=1S/C52H72F2O7/c1-7-9-11-14-38-17-19-39(20-18-38)40-21-23-41(24-22-40)45-25-26-46(48(54)47(45)53)44-32-42(15-12-29-60-50(57)36(3)4)49(43(33-44)16-13-30-61-51(58)37(5)6)59-31-28-52(34-55,35-56)27-10-8-2/h21-23,25-26,32-33,38-39,41,55-56H,3,5,7-20,24,27-31,34-35H2,1-2,4,6H3. The van der Waals surface area contributed by atoms with E-state index in [2.05, 4.69) is 39.2 Å². The Hall–Kier alpha value is -4.08. The predicted octanol–water partition coefficient (Wildman–Crippen LogP) is 12.0. The summed E-state index contributed by atoms with van der Waals surface area (Å²) in [6.07, 6.45) is 21.5. The van der Waals surface area contributed by atoms with Crippen molar-refractivity contribution in [1.29, 1.82) is 0 Å². The van der Waals surface area contributed by atoms with Gasteiger partial charge in [0, 0.05) is 28.0 Å². The van der Waals surface area contributed by atoms with E-state index in [0.717, 1.165) is 18.8 Å². The zero-order chi connectivity index (χ0) is 44.4. The lowest BCUT2D eigenvalue weighted by molar-refractivity contribution is -0.139. The number of halogens is 2. The molecule has 0 heterocycles. The van der Waals surface area contributed by atoms with Crippen LogP contribution in [-0.2, 0) is 31.9 Å². The molecule has 0 radical (unpaired) electrons. The van der Waals surface area contributed by atoms with Gasteiger partial charge in [0.15, 0.2) is 11.6 Å². The summed E-state index contributed by atoms with van der Waals surface area (Å²) in [6.45, 7) is 14.8. The highest BCUT2D eigenvalue weighted by molar-refractivity contribution is 5.87. The summed E-state index contributed by atoms with van der Waals surface area (Å²) < 4.78 is 49.9. The molecule has 0 aromatic heterocycles. The van der Waals surface area contributed by atoms with Crippen LogP contribution in [0.25, 0.3) is 11.1 Å². The molecule has 0 saturated heterocycles. The van der Waals surface area contributed by atoms with Gasteiger partial charge in [-0.15, -0.1) is 0 Å². The van der Waals surface area contributed by atoms with Crippen LogP contribution in [0, 0.1) is 28.9 Å². The molecule has 2 aromatic carbocycles. The van der Waals surface area contributed by atoms with Crippen LogP contribution in [0.2, 0.25) is 0 Å². The molecule has 1 saturated carbocycles. The van der Waals surface area contributed by atoms with E-state index in [4.69, 9.17) is 14.2 Å². The molecule has 4 rings (SSSR count). The lowest BCUT2D eigenvalue weighted by Gasteiger charge is -2.31. The molecule has 1 unspecified atom stereocenters. The van der Waals surface area contributed by atoms with Crippen LogP contribution in [0.4, 0.5) is 8.78 Å². The average molecular weight is 847 g/mol. The minimum Gasteiger partial charge on any atom is -0.493 e. The van der Waals surface area contributed by atoms with Crippen molar-refractivity contribution in [1.82, 2.24) is 0 Å². The third-order valence-corrected chi connectivity index (χ3v) is 12.7. The van der Waals surface area contributed by atoms with Gasteiger partial charge in [-0.05, 0) is 136 Å². The van der Waals surface area contributed by atoms with Gasteiger partial charge in [-0.2, -0.15) is 0 Å². The monoisotopic (exact) mass is 847 g/mol. The Kier molecular flexibility index (Phi) is 20.4. The number of ether oxygens (including phenoxy) is 3. The molecular weight excluding hydrogens is 775 g/mol. The smallest absolute Gasteiger partial charge is 0.333 e. The van der Waals surface area contributed by atoms with Gasteiger partial charge < -0.3 is 24.4 Å². The summed E-state index contributed by atoms with van der Waals surface area (Å²) in [5.41, 5.74) is 3.50. The number of aryl methyl sites for hydroxylation is 2. The summed E-state index contributed by atoms with van der Waals surface area (Å²) >= 11 is 0. The Labute approximate surface area is 364 Å². The number of aliphatic hydroxyl groups excluding tert-OH is 2. The number of unbranched alkanes of at least 4 members (excludes halogenated alkanes) is 3. The van der Waals surface area contributed by atoms with Crippen LogP contribution in [0.1, 0.15) is 147 Å².